The maximum absolute atomic E-state index is 12.6. The number of unbranched alkanes of at least 4 members (excludes halogenated alkanes) is 1. The molecule has 10 heteroatoms. The number of hydrogen-bond acceptors (Lipinski definition) is 9. The number of thiophene rings is 1. The molecule has 1 aliphatic carbocycles. The first-order valence-electron chi connectivity index (χ1n) is 11.5. The molecule has 0 saturated heterocycles. The molecule has 34 heavy (non-hydrogen) atoms. The summed E-state index contributed by atoms with van der Waals surface area (Å²) in [6, 6.07) is 8.35. The Morgan fingerprint density at radius 2 is 1.94 bits per heavy atom. The Kier molecular flexibility index (Phi) is 8.58. The zero-order chi connectivity index (χ0) is 23.9. The molecule has 7 nitrogen and oxygen atoms in total. The van der Waals surface area contributed by atoms with Gasteiger partial charge in [0.1, 0.15) is 5.00 Å². The predicted octanol–water partition coefficient (Wildman–Crippen LogP) is 6.08. The normalized spacial score (nSPS) is 12.4. The summed E-state index contributed by atoms with van der Waals surface area (Å²) in [4.78, 5) is 26.3. The second kappa shape index (κ2) is 11.8. The molecule has 0 aliphatic heterocycles. The van der Waals surface area contributed by atoms with E-state index < -0.39 is 0 Å². The van der Waals surface area contributed by atoms with Crippen LogP contribution in [0, 0.1) is 0 Å². The second-order valence-corrected chi connectivity index (χ2v) is 11.2. The zero-order valence-corrected chi connectivity index (χ0v) is 21.8. The third-order valence-corrected chi connectivity index (χ3v) is 8.59. The fourth-order valence-electron chi connectivity index (χ4n) is 3.78. The quantitative estimate of drug-likeness (QED) is 0.236. The summed E-state index contributed by atoms with van der Waals surface area (Å²) in [5, 5.41) is 15.8. The number of fused-ring (bicyclic) bond motifs is 1. The van der Waals surface area contributed by atoms with E-state index in [1.165, 1.54) is 57.7 Å². The fraction of sp³-hybridized carbons (Fsp3) is 0.417. The van der Waals surface area contributed by atoms with E-state index in [-0.39, 0.29) is 17.6 Å². The zero-order valence-electron chi connectivity index (χ0n) is 19.3. The number of hydrogen-bond donors (Lipinski definition) is 2. The van der Waals surface area contributed by atoms with Gasteiger partial charge >= 0.3 is 5.97 Å². The lowest BCUT2D eigenvalue weighted by Crippen LogP contribution is -2.16. The minimum absolute atomic E-state index is 0.178. The van der Waals surface area contributed by atoms with Gasteiger partial charge in [-0.25, -0.2) is 4.79 Å². The minimum atomic E-state index is -0.358. The molecular weight excluding hydrogens is 488 g/mol. The Morgan fingerprint density at radius 3 is 2.71 bits per heavy atom. The maximum atomic E-state index is 12.6. The van der Waals surface area contributed by atoms with Crippen LogP contribution >= 0.6 is 34.4 Å². The van der Waals surface area contributed by atoms with Gasteiger partial charge in [0.15, 0.2) is 4.34 Å². The molecule has 180 valence electrons. The molecule has 0 bridgehead atoms. The van der Waals surface area contributed by atoms with Crippen LogP contribution in [0.15, 0.2) is 28.6 Å². The Bertz CT molecular complexity index is 1140. The summed E-state index contributed by atoms with van der Waals surface area (Å²) >= 11 is 4.22. The van der Waals surface area contributed by atoms with Gasteiger partial charge in [0.2, 0.25) is 11.0 Å². The van der Waals surface area contributed by atoms with Crippen molar-refractivity contribution in [2.45, 2.75) is 56.7 Å². The van der Waals surface area contributed by atoms with Gasteiger partial charge < -0.3 is 15.4 Å². The van der Waals surface area contributed by atoms with E-state index in [0.717, 1.165) is 36.9 Å². The third-order valence-electron chi connectivity index (χ3n) is 5.41. The summed E-state index contributed by atoms with van der Waals surface area (Å²) in [6.07, 6.45) is 6.30. The number of thioether (sulfide) groups is 1. The van der Waals surface area contributed by atoms with Crippen molar-refractivity contribution in [3.63, 3.8) is 0 Å². The van der Waals surface area contributed by atoms with E-state index in [0.29, 0.717) is 26.6 Å². The maximum Gasteiger partial charge on any atom is 0.341 e. The van der Waals surface area contributed by atoms with Crippen LogP contribution in [0.5, 0.6) is 0 Å². The first-order valence-corrected chi connectivity index (χ1v) is 14.1. The lowest BCUT2D eigenvalue weighted by molar-refractivity contribution is -0.113. The number of benzene rings is 1. The van der Waals surface area contributed by atoms with Gasteiger partial charge in [-0.05, 0) is 62.3 Å². The molecule has 0 unspecified atom stereocenters. The van der Waals surface area contributed by atoms with Crippen molar-refractivity contribution in [2.24, 2.45) is 0 Å². The Hall–Kier alpha value is -2.43. The number of rotatable bonds is 11. The number of amides is 1. The molecule has 2 heterocycles. The van der Waals surface area contributed by atoms with Crippen molar-refractivity contribution in [3.8, 4) is 0 Å². The topological polar surface area (TPSA) is 93.2 Å². The molecule has 0 fully saturated rings. The van der Waals surface area contributed by atoms with Crippen LogP contribution in [0.25, 0.3) is 0 Å². The Morgan fingerprint density at radius 1 is 1.12 bits per heavy atom. The van der Waals surface area contributed by atoms with Crippen molar-refractivity contribution < 1.29 is 14.3 Å². The number of anilines is 3. The van der Waals surface area contributed by atoms with Gasteiger partial charge in [0.05, 0.1) is 17.9 Å². The van der Waals surface area contributed by atoms with Gasteiger partial charge in [-0.3, -0.25) is 4.79 Å². The lowest BCUT2D eigenvalue weighted by Gasteiger charge is -2.07. The SMILES string of the molecule is CCCCc1ccc(Nc2nnc(SCC(=O)Nc3sc4c(c3C(=O)OCC)CCC4)s2)cc1. The number of carbonyl (C=O) groups excluding carboxylic acids is 2. The van der Waals surface area contributed by atoms with E-state index in [1.807, 2.05) is 12.1 Å². The van der Waals surface area contributed by atoms with E-state index in [1.54, 1.807) is 6.92 Å². The van der Waals surface area contributed by atoms with Crippen molar-refractivity contribution in [3.05, 3.63) is 45.8 Å². The average molecular weight is 517 g/mol. The van der Waals surface area contributed by atoms with Gasteiger partial charge in [0, 0.05) is 10.6 Å². The molecule has 0 spiro atoms. The van der Waals surface area contributed by atoms with Gasteiger partial charge in [-0.2, -0.15) is 0 Å². The van der Waals surface area contributed by atoms with Crippen LogP contribution in [0.3, 0.4) is 0 Å². The smallest absolute Gasteiger partial charge is 0.341 e. The number of esters is 1. The van der Waals surface area contributed by atoms with Gasteiger partial charge in [-0.1, -0.05) is 48.6 Å². The molecule has 3 aromatic rings. The first-order chi connectivity index (χ1) is 16.6. The molecule has 1 aromatic carbocycles. The number of nitrogens with zero attached hydrogens (tertiary/aromatic N) is 2. The minimum Gasteiger partial charge on any atom is -0.462 e. The fourth-order valence-corrected chi connectivity index (χ4v) is 6.65. The highest BCUT2D eigenvalue weighted by Gasteiger charge is 2.28. The molecule has 1 amide bonds. The molecule has 2 aromatic heterocycles. The second-order valence-electron chi connectivity index (χ2n) is 7.92. The highest BCUT2D eigenvalue weighted by Crippen LogP contribution is 2.39. The highest BCUT2D eigenvalue weighted by molar-refractivity contribution is 8.01. The molecule has 2 N–H and O–H groups in total. The van der Waals surface area contributed by atoms with Crippen LogP contribution < -0.4 is 10.6 Å². The lowest BCUT2D eigenvalue weighted by atomic mass is 10.1. The summed E-state index contributed by atoms with van der Waals surface area (Å²) in [7, 11) is 0. The van der Waals surface area contributed by atoms with E-state index in [2.05, 4.69) is 39.9 Å². The largest absolute Gasteiger partial charge is 0.462 e. The third kappa shape index (κ3) is 6.17. The molecule has 0 saturated carbocycles. The standard InChI is InChI=1S/C24H28N4O3S3/c1-3-5-7-15-10-12-16(13-11-15)25-23-27-28-24(34-23)32-14-19(29)26-21-20(22(30)31-4-2)17-8-6-9-18(17)33-21/h10-13H,3-9,14H2,1-2H3,(H,25,27)(H,26,29). The summed E-state index contributed by atoms with van der Waals surface area (Å²) in [6.45, 7) is 4.29. The van der Waals surface area contributed by atoms with Crippen molar-refractivity contribution in [2.75, 3.05) is 23.0 Å². The number of nitrogens with one attached hydrogen (secondary N) is 2. The summed E-state index contributed by atoms with van der Waals surface area (Å²) in [5.41, 5.74) is 3.85. The van der Waals surface area contributed by atoms with Crippen molar-refractivity contribution >= 4 is 62.1 Å². The van der Waals surface area contributed by atoms with Gasteiger partial charge in [-0.15, -0.1) is 21.5 Å². The Balaban J connectivity index is 1.31. The number of aryl methyl sites for hydroxylation is 2. The van der Waals surface area contributed by atoms with E-state index in [9.17, 15) is 9.59 Å². The number of aromatic nitrogens is 2. The molecule has 4 rings (SSSR count). The number of carbonyl (C=O) groups is 2. The molecule has 0 radical (unpaired) electrons. The van der Waals surface area contributed by atoms with E-state index in [4.69, 9.17) is 4.74 Å². The number of ether oxygens (including phenoxy) is 1. The molecule has 1 aliphatic rings. The van der Waals surface area contributed by atoms with Crippen molar-refractivity contribution in [1.82, 2.24) is 10.2 Å². The van der Waals surface area contributed by atoms with Crippen molar-refractivity contribution in [1.29, 1.82) is 0 Å². The van der Waals surface area contributed by atoms with Gasteiger partial charge in [0.25, 0.3) is 0 Å². The molecule has 0 atom stereocenters. The highest BCUT2D eigenvalue weighted by atomic mass is 32.2. The van der Waals surface area contributed by atoms with Crippen LogP contribution in [-0.4, -0.2) is 34.4 Å². The summed E-state index contributed by atoms with van der Waals surface area (Å²) < 4.78 is 5.93. The van der Waals surface area contributed by atoms with Crippen LogP contribution in [-0.2, 0) is 28.8 Å². The first kappa shape index (κ1) is 24.7. The predicted molar refractivity (Wildman–Crippen MR) is 140 cm³/mol. The molecular formula is C24H28N4O3S3. The Labute approximate surface area is 211 Å². The van der Waals surface area contributed by atoms with Crippen LogP contribution in [0.2, 0.25) is 0 Å². The summed E-state index contributed by atoms with van der Waals surface area (Å²) in [5.74, 6) is -0.350. The monoisotopic (exact) mass is 516 g/mol. The van der Waals surface area contributed by atoms with Crippen LogP contribution in [0.1, 0.15) is 59.5 Å². The van der Waals surface area contributed by atoms with E-state index >= 15 is 0 Å². The average Bonchev–Trinajstić information content (AvgIpc) is 3.54. The van der Waals surface area contributed by atoms with Crippen LogP contribution in [0.4, 0.5) is 15.8 Å².